The van der Waals surface area contributed by atoms with Gasteiger partial charge in [0.05, 0.1) is 0 Å². The summed E-state index contributed by atoms with van der Waals surface area (Å²) in [6.45, 7) is 7.00. The van der Waals surface area contributed by atoms with Gasteiger partial charge in [0.15, 0.2) is 0 Å². The van der Waals surface area contributed by atoms with Gasteiger partial charge in [0, 0.05) is 0 Å². The fraction of sp³-hybridized carbons (Fsp3) is 0.167. The van der Waals surface area contributed by atoms with Gasteiger partial charge in [0.2, 0.25) is 0 Å². The molecule has 2 aliphatic rings. The largest absolute Gasteiger partial charge is 4.00 e. The molecule has 2 heteroatoms. The first-order valence-corrected chi connectivity index (χ1v) is 3.84. The Labute approximate surface area is 113 Å². The maximum atomic E-state index is 4.25. The summed E-state index contributed by atoms with van der Waals surface area (Å²) in [6, 6.07) is 0. The molecular formula is C12H13ClZr. The smallest absolute Gasteiger partial charge is 1.00 e. The molecule has 72 valence electrons. The van der Waals surface area contributed by atoms with Gasteiger partial charge in [-0.25, -0.2) is 24.3 Å². The zero-order valence-corrected chi connectivity index (χ0v) is 11.3. The first-order chi connectivity index (χ1) is 6.00. The van der Waals surface area contributed by atoms with Crippen molar-refractivity contribution >= 4 is 0 Å². The van der Waals surface area contributed by atoms with Gasteiger partial charge in [-0.2, -0.15) is 12.2 Å². The Bertz CT molecular complexity index is 160. The molecule has 0 amide bonds. The molecule has 0 aromatic carbocycles. The standard InChI is InChI=1S/2C5H5.C2H3.ClH.Zr/c2*1-2-4-5-3-1;1-2;;/h2*1-3H,4H2;1H,2H2;1H;/q3*-1;;+4/p-1. The van der Waals surface area contributed by atoms with Crippen LogP contribution in [0.25, 0.3) is 0 Å². The van der Waals surface area contributed by atoms with Gasteiger partial charge in [-0.05, 0) is 0 Å². The molecule has 0 saturated heterocycles. The first-order valence-electron chi connectivity index (χ1n) is 3.84. The first kappa shape index (κ1) is 19.4. The Hall–Kier alpha value is -0.127. The van der Waals surface area contributed by atoms with Crippen LogP contribution in [0.5, 0.6) is 0 Å². The molecule has 0 unspecified atom stereocenters. The average Bonchev–Trinajstić information content (AvgIpc) is 2.87. The molecule has 0 spiro atoms. The maximum absolute atomic E-state index is 4.25. The molecule has 0 saturated carbocycles. The van der Waals surface area contributed by atoms with Gasteiger partial charge in [-0.3, -0.25) is 18.7 Å². The summed E-state index contributed by atoms with van der Waals surface area (Å²) in [4.78, 5) is 0. The monoisotopic (exact) mass is 282 g/mol. The molecule has 2 aliphatic carbocycles. The summed E-state index contributed by atoms with van der Waals surface area (Å²) >= 11 is 0. The zero-order valence-electron chi connectivity index (χ0n) is 8.04. The zero-order chi connectivity index (χ0) is 9.07. The molecule has 0 radical (unpaired) electrons. The Kier molecular flexibility index (Phi) is 25.9. The van der Waals surface area contributed by atoms with E-state index in [1.807, 2.05) is 24.3 Å². The van der Waals surface area contributed by atoms with Gasteiger partial charge < -0.3 is 19.0 Å². The maximum Gasteiger partial charge on any atom is 4.00 e. The molecular weight excluding hydrogens is 271 g/mol. The van der Waals surface area contributed by atoms with Crippen molar-refractivity contribution in [1.82, 2.24) is 0 Å². The summed E-state index contributed by atoms with van der Waals surface area (Å²) in [5.74, 6) is 0. The van der Waals surface area contributed by atoms with E-state index in [0.29, 0.717) is 0 Å². The van der Waals surface area contributed by atoms with Crippen molar-refractivity contribution in [3.05, 3.63) is 61.8 Å². The van der Waals surface area contributed by atoms with E-state index >= 15 is 0 Å². The van der Waals surface area contributed by atoms with Crippen molar-refractivity contribution in [1.29, 1.82) is 0 Å². The van der Waals surface area contributed by atoms with E-state index in [1.165, 1.54) is 0 Å². The third-order valence-corrected chi connectivity index (χ3v) is 1.17. The van der Waals surface area contributed by atoms with Crippen LogP contribution >= 0.6 is 0 Å². The van der Waals surface area contributed by atoms with Crippen LogP contribution in [0.1, 0.15) is 12.8 Å². The van der Waals surface area contributed by atoms with Crippen molar-refractivity contribution in [3.8, 4) is 0 Å². The summed E-state index contributed by atoms with van der Waals surface area (Å²) in [7, 11) is 0. The van der Waals surface area contributed by atoms with E-state index in [-0.39, 0.29) is 38.6 Å². The molecule has 0 atom stereocenters. The van der Waals surface area contributed by atoms with Crippen molar-refractivity contribution < 1.29 is 38.6 Å². The van der Waals surface area contributed by atoms with Crippen molar-refractivity contribution in [2.24, 2.45) is 0 Å². The molecule has 0 fully saturated rings. The number of rotatable bonds is 0. The van der Waals surface area contributed by atoms with Gasteiger partial charge in [0.25, 0.3) is 0 Å². The summed E-state index contributed by atoms with van der Waals surface area (Å²) in [6.07, 6.45) is 20.0. The Morgan fingerprint density at radius 1 is 0.929 bits per heavy atom. The quantitative estimate of drug-likeness (QED) is 0.558. The molecule has 0 aromatic heterocycles. The second kappa shape index (κ2) is 18.6. The van der Waals surface area contributed by atoms with Crippen LogP contribution in [0.4, 0.5) is 0 Å². The molecule has 2 rings (SSSR count). The van der Waals surface area contributed by atoms with Crippen LogP contribution in [-0.2, 0) is 26.2 Å². The van der Waals surface area contributed by atoms with Crippen molar-refractivity contribution in [2.75, 3.05) is 0 Å². The van der Waals surface area contributed by atoms with E-state index < -0.39 is 0 Å². The van der Waals surface area contributed by atoms with Crippen molar-refractivity contribution in [2.45, 2.75) is 12.8 Å². The number of hydrogen-bond donors (Lipinski definition) is 0. The second-order valence-electron chi connectivity index (χ2n) is 2.01. The second-order valence-corrected chi connectivity index (χ2v) is 2.01. The van der Waals surface area contributed by atoms with Crippen LogP contribution in [0.3, 0.4) is 0 Å². The third kappa shape index (κ3) is 14.4. The van der Waals surface area contributed by atoms with Crippen LogP contribution in [0.2, 0.25) is 0 Å². The average molecular weight is 284 g/mol. The molecule has 0 bridgehead atoms. The number of allylic oxidation sites excluding steroid dienone is 8. The Morgan fingerprint density at radius 2 is 1.29 bits per heavy atom. The molecule has 0 nitrogen and oxygen atoms in total. The topological polar surface area (TPSA) is 0 Å². The minimum atomic E-state index is 0. The number of hydrogen-bond acceptors (Lipinski definition) is 0. The third-order valence-electron chi connectivity index (χ3n) is 1.17. The fourth-order valence-electron chi connectivity index (χ4n) is 0.680. The molecule has 0 N–H and O–H groups in total. The van der Waals surface area contributed by atoms with Gasteiger partial charge in [-0.1, -0.05) is 0 Å². The predicted octanol–water partition coefficient (Wildman–Crippen LogP) is 0.218. The van der Waals surface area contributed by atoms with E-state index in [2.05, 4.69) is 37.5 Å². The molecule has 14 heavy (non-hydrogen) atoms. The van der Waals surface area contributed by atoms with E-state index in [4.69, 9.17) is 0 Å². The molecule has 0 aromatic rings. The molecule has 0 aliphatic heterocycles. The van der Waals surface area contributed by atoms with E-state index in [1.54, 1.807) is 0 Å². The van der Waals surface area contributed by atoms with Crippen LogP contribution in [0.15, 0.2) is 43.0 Å². The summed E-state index contributed by atoms with van der Waals surface area (Å²) < 4.78 is 0. The summed E-state index contributed by atoms with van der Waals surface area (Å²) in [5, 5.41) is 0. The van der Waals surface area contributed by atoms with Gasteiger partial charge in [0.1, 0.15) is 0 Å². The normalized spacial score (nSPS) is 12.9. The van der Waals surface area contributed by atoms with Crippen molar-refractivity contribution in [3.63, 3.8) is 0 Å². The van der Waals surface area contributed by atoms with Crippen LogP contribution < -0.4 is 12.4 Å². The predicted molar refractivity (Wildman–Crippen MR) is 53.1 cm³/mol. The Morgan fingerprint density at radius 3 is 1.36 bits per heavy atom. The minimum Gasteiger partial charge on any atom is -1.00 e. The minimum absolute atomic E-state index is 0. The van der Waals surface area contributed by atoms with E-state index in [9.17, 15) is 0 Å². The van der Waals surface area contributed by atoms with Crippen LogP contribution in [0, 0.1) is 18.7 Å². The Balaban J connectivity index is -0.000000131. The van der Waals surface area contributed by atoms with E-state index in [0.717, 1.165) is 12.8 Å². The number of halogens is 1. The molecule has 0 heterocycles. The van der Waals surface area contributed by atoms with Gasteiger partial charge >= 0.3 is 26.2 Å². The van der Waals surface area contributed by atoms with Crippen LogP contribution in [-0.4, -0.2) is 0 Å². The SMILES string of the molecule is [C-]1=CC=CC1.[C-]1=CC=CC1.[CH-]=C.[Cl-].[Zr+4]. The summed E-state index contributed by atoms with van der Waals surface area (Å²) in [5.41, 5.74) is 0. The fourth-order valence-corrected chi connectivity index (χ4v) is 0.680. The van der Waals surface area contributed by atoms with Gasteiger partial charge in [-0.15, -0.1) is 12.8 Å².